The highest BCUT2D eigenvalue weighted by Gasteiger charge is 2.51. The first-order valence-electron chi connectivity index (χ1n) is 11.5. The Balaban J connectivity index is 1.06. The second kappa shape index (κ2) is 7.63. The van der Waals surface area contributed by atoms with Crippen molar-refractivity contribution in [3.8, 4) is 5.75 Å². The first-order valence-corrected chi connectivity index (χ1v) is 12.4. The first kappa shape index (κ1) is 19.3. The fourth-order valence-corrected chi connectivity index (χ4v) is 7.57. The summed E-state index contributed by atoms with van der Waals surface area (Å²) >= 11 is 1.48. The Kier molecular flexibility index (Phi) is 4.75. The molecule has 4 saturated carbocycles. The number of hydrogen-bond acceptors (Lipinski definition) is 4. The van der Waals surface area contributed by atoms with E-state index >= 15 is 0 Å². The lowest BCUT2D eigenvalue weighted by atomic mass is 9.49. The summed E-state index contributed by atoms with van der Waals surface area (Å²) in [6.07, 6.45) is 8.67. The Hall–Kier alpha value is -2.40. The number of amides is 1. The molecule has 5 heteroatoms. The Morgan fingerprint density at radius 3 is 2.48 bits per heavy atom. The van der Waals surface area contributed by atoms with Crippen LogP contribution in [0.25, 0.3) is 10.8 Å². The highest BCUT2D eigenvalue weighted by atomic mass is 32.1. The maximum atomic E-state index is 12.8. The van der Waals surface area contributed by atoms with Crippen molar-refractivity contribution in [2.75, 3.05) is 5.32 Å². The number of carbonyl (C=O) groups is 1. The number of benzene rings is 2. The number of rotatable bonds is 6. The lowest BCUT2D eigenvalue weighted by Gasteiger charge is -2.56. The maximum Gasteiger partial charge on any atom is 0.226 e. The van der Waals surface area contributed by atoms with E-state index in [0.717, 1.165) is 34.6 Å². The molecule has 1 N–H and O–H groups in total. The lowest BCUT2D eigenvalue weighted by Crippen LogP contribution is -2.47. The monoisotopic (exact) mass is 432 g/mol. The maximum absolute atomic E-state index is 12.8. The zero-order valence-electron chi connectivity index (χ0n) is 17.7. The van der Waals surface area contributed by atoms with E-state index in [-0.39, 0.29) is 11.3 Å². The van der Waals surface area contributed by atoms with Gasteiger partial charge in [0.1, 0.15) is 12.4 Å². The second-order valence-corrected chi connectivity index (χ2v) is 10.9. The van der Waals surface area contributed by atoms with Gasteiger partial charge in [-0.2, -0.15) is 0 Å². The summed E-state index contributed by atoms with van der Waals surface area (Å²) in [5, 5.41) is 8.10. The topological polar surface area (TPSA) is 51.2 Å². The minimum Gasteiger partial charge on any atom is -0.487 e. The van der Waals surface area contributed by atoms with Crippen LogP contribution in [0.3, 0.4) is 0 Å². The van der Waals surface area contributed by atoms with Crippen LogP contribution in [-0.2, 0) is 11.4 Å². The fraction of sp³-hybridized carbons (Fsp3) is 0.462. The fourth-order valence-electron chi connectivity index (χ4n) is 6.86. The van der Waals surface area contributed by atoms with Gasteiger partial charge in [-0.05, 0) is 84.6 Å². The van der Waals surface area contributed by atoms with Crippen molar-refractivity contribution in [3.05, 3.63) is 53.5 Å². The van der Waals surface area contributed by atoms with Gasteiger partial charge in [0, 0.05) is 11.8 Å². The van der Waals surface area contributed by atoms with Crippen LogP contribution >= 0.6 is 11.3 Å². The molecule has 0 unspecified atom stereocenters. The van der Waals surface area contributed by atoms with Crippen LogP contribution in [0.2, 0.25) is 0 Å². The van der Waals surface area contributed by atoms with E-state index in [1.54, 1.807) is 0 Å². The predicted molar refractivity (Wildman–Crippen MR) is 124 cm³/mol. The van der Waals surface area contributed by atoms with Gasteiger partial charge in [0.15, 0.2) is 5.13 Å². The van der Waals surface area contributed by atoms with Gasteiger partial charge in [-0.15, -0.1) is 11.3 Å². The van der Waals surface area contributed by atoms with Crippen LogP contribution in [0, 0.1) is 23.2 Å². The van der Waals surface area contributed by atoms with Gasteiger partial charge < -0.3 is 10.1 Å². The summed E-state index contributed by atoms with van der Waals surface area (Å²) in [6, 6.07) is 14.4. The number of thiazole rings is 1. The number of nitrogens with one attached hydrogen (secondary N) is 1. The SMILES string of the molecule is O=C(CC12CC3CC(CC(C3)C1)C2)Nc1nc(COc2ccc3ccccc3c2)cs1. The molecule has 160 valence electrons. The lowest BCUT2D eigenvalue weighted by molar-refractivity contribution is -0.124. The van der Waals surface area contributed by atoms with E-state index in [1.807, 2.05) is 23.6 Å². The molecule has 0 spiro atoms. The normalized spacial score (nSPS) is 28.7. The number of aromatic nitrogens is 1. The van der Waals surface area contributed by atoms with Crippen LogP contribution in [-0.4, -0.2) is 10.9 Å². The average molecular weight is 433 g/mol. The third-order valence-corrected chi connectivity index (χ3v) is 8.41. The number of ether oxygens (including phenoxy) is 1. The summed E-state index contributed by atoms with van der Waals surface area (Å²) in [4.78, 5) is 17.4. The van der Waals surface area contributed by atoms with Gasteiger partial charge >= 0.3 is 0 Å². The van der Waals surface area contributed by atoms with E-state index in [1.165, 1.54) is 55.2 Å². The molecule has 3 aromatic rings. The highest BCUT2D eigenvalue weighted by molar-refractivity contribution is 7.13. The quantitative estimate of drug-likeness (QED) is 0.489. The number of hydrogen-bond donors (Lipinski definition) is 1. The molecule has 4 aliphatic carbocycles. The number of carbonyl (C=O) groups excluding carboxylic acids is 1. The summed E-state index contributed by atoms with van der Waals surface area (Å²) in [5.74, 6) is 3.59. The van der Waals surface area contributed by atoms with Crippen LogP contribution in [0.1, 0.15) is 50.6 Å². The van der Waals surface area contributed by atoms with Gasteiger partial charge in [0.2, 0.25) is 5.91 Å². The number of fused-ring (bicyclic) bond motifs is 1. The molecular weight excluding hydrogens is 404 g/mol. The molecule has 4 bridgehead atoms. The van der Waals surface area contributed by atoms with Crippen LogP contribution in [0.15, 0.2) is 47.8 Å². The summed E-state index contributed by atoms with van der Waals surface area (Å²) in [5.41, 5.74) is 1.11. The number of nitrogens with zero attached hydrogens (tertiary/aromatic N) is 1. The van der Waals surface area contributed by atoms with Gasteiger partial charge in [-0.1, -0.05) is 30.3 Å². The van der Waals surface area contributed by atoms with Gasteiger partial charge in [0.25, 0.3) is 0 Å². The molecule has 2 aromatic carbocycles. The molecule has 1 heterocycles. The largest absolute Gasteiger partial charge is 0.487 e. The molecule has 4 nitrogen and oxygen atoms in total. The van der Waals surface area contributed by atoms with E-state index in [0.29, 0.717) is 18.2 Å². The van der Waals surface area contributed by atoms with Crippen molar-refractivity contribution in [1.29, 1.82) is 0 Å². The van der Waals surface area contributed by atoms with E-state index in [9.17, 15) is 4.79 Å². The molecule has 7 rings (SSSR count). The standard InChI is InChI=1S/C26H28N2O2S/c29-24(14-26-11-17-7-18(12-26)9-19(8-17)13-26)28-25-27-22(16-31-25)15-30-23-6-5-20-3-1-2-4-21(20)10-23/h1-6,10,16-19H,7-9,11-15H2,(H,27,28,29). The average Bonchev–Trinajstić information content (AvgIpc) is 3.17. The van der Waals surface area contributed by atoms with Crippen molar-refractivity contribution in [2.24, 2.45) is 23.2 Å². The summed E-state index contributed by atoms with van der Waals surface area (Å²) in [7, 11) is 0. The van der Waals surface area contributed by atoms with Crippen LogP contribution in [0.5, 0.6) is 5.75 Å². The van der Waals surface area contributed by atoms with Crippen molar-refractivity contribution < 1.29 is 9.53 Å². The third kappa shape index (κ3) is 3.96. The van der Waals surface area contributed by atoms with Crippen LogP contribution < -0.4 is 10.1 Å². The Bertz CT molecular complexity index is 1090. The molecule has 0 radical (unpaired) electrons. The van der Waals surface area contributed by atoms with E-state index in [2.05, 4.69) is 34.6 Å². The zero-order chi connectivity index (χ0) is 20.8. The Morgan fingerprint density at radius 1 is 1.03 bits per heavy atom. The van der Waals surface area contributed by atoms with E-state index < -0.39 is 0 Å². The predicted octanol–water partition coefficient (Wildman–Crippen LogP) is 6.42. The highest BCUT2D eigenvalue weighted by Crippen LogP contribution is 2.61. The second-order valence-electron chi connectivity index (χ2n) is 10.1. The molecule has 0 aliphatic heterocycles. The zero-order valence-corrected chi connectivity index (χ0v) is 18.5. The Morgan fingerprint density at radius 2 is 1.74 bits per heavy atom. The van der Waals surface area contributed by atoms with Crippen molar-refractivity contribution in [2.45, 2.75) is 51.6 Å². The van der Waals surface area contributed by atoms with Gasteiger partial charge in [-0.25, -0.2) is 4.98 Å². The molecular formula is C26H28N2O2S. The van der Waals surface area contributed by atoms with Gasteiger partial charge in [-0.3, -0.25) is 4.79 Å². The molecule has 0 atom stereocenters. The molecule has 1 aromatic heterocycles. The van der Waals surface area contributed by atoms with Crippen molar-refractivity contribution in [1.82, 2.24) is 4.98 Å². The first-order chi connectivity index (χ1) is 15.1. The Labute approximate surface area is 187 Å². The van der Waals surface area contributed by atoms with Crippen LogP contribution in [0.4, 0.5) is 5.13 Å². The minimum absolute atomic E-state index is 0.137. The van der Waals surface area contributed by atoms with Crippen molar-refractivity contribution >= 4 is 33.1 Å². The summed E-state index contributed by atoms with van der Waals surface area (Å²) < 4.78 is 5.94. The molecule has 4 fully saturated rings. The molecule has 4 aliphatic rings. The number of anilines is 1. The molecule has 31 heavy (non-hydrogen) atoms. The smallest absolute Gasteiger partial charge is 0.226 e. The summed E-state index contributed by atoms with van der Waals surface area (Å²) in [6.45, 7) is 0.402. The molecule has 0 saturated heterocycles. The van der Waals surface area contributed by atoms with E-state index in [4.69, 9.17) is 4.74 Å². The molecule has 1 amide bonds. The minimum atomic E-state index is 0.137. The van der Waals surface area contributed by atoms with Crippen molar-refractivity contribution in [3.63, 3.8) is 0 Å². The third-order valence-electron chi connectivity index (χ3n) is 7.61. The van der Waals surface area contributed by atoms with Gasteiger partial charge in [0.05, 0.1) is 5.69 Å².